The van der Waals surface area contributed by atoms with Crippen LogP contribution >= 0.6 is 0 Å². The predicted octanol–water partition coefficient (Wildman–Crippen LogP) is 4.43. The van der Waals surface area contributed by atoms with Gasteiger partial charge in [-0.1, -0.05) is 36.4 Å². The minimum Gasteiger partial charge on any atom is -0.373 e. The van der Waals surface area contributed by atoms with Crippen molar-refractivity contribution in [2.24, 2.45) is 0 Å². The minimum absolute atomic E-state index is 0.881. The lowest BCUT2D eigenvalue weighted by molar-refractivity contribution is 1.03. The number of nitrogens with zero attached hydrogens (tertiary/aromatic N) is 2. The lowest BCUT2D eigenvalue weighted by Gasteiger charge is -2.25. The summed E-state index contributed by atoms with van der Waals surface area (Å²) in [5.74, 6) is 0.881. The van der Waals surface area contributed by atoms with Gasteiger partial charge in [-0.25, -0.2) is 4.98 Å². The lowest BCUT2D eigenvalue weighted by atomic mass is 10.1. The Balaban J connectivity index is 2.13. The smallest absolute Gasteiger partial charge is 0.127 e. The standard InChI is InChI=1S/C18H19N3/c1-3-21(15-11-12-20-18(13-15)19-2)17-10-6-8-14-7-4-5-9-16(14)17/h4-13H,3H2,1-2H3,(H,19,20). The summed E-state index contributed by atoms with van der Waals surface area (Å²) in [6, 6.07) is 19.0. The average Bonchev–Trinajstić information content (AvgIpc) is 2.56. The quantitative estimate of drug-likeness (QED) is 0.764. The highest BCUT2D eigenvalue weighted by molar-refractivity contribution is 5.96. The fourth-order valence-corrected chi connectivity index (χ4v) is 2.66. The molecule has 3 aromatic rings. The summed E-state index contributed by atoms with van der Waals surface area (Å²) in [4.78, 5) is 6.60. The number of aromatic nitrogens is 1. The van der Waals surface area contributed by atoms with E-state index in [0.717, 1.165) is 18.1 Å². The number of hydrogen-bond donors (Lipinski definition) is 1. The molecular formula is C18H19N3. The van der Waals surface area contributed by atoms with E-state index >= 15 is 0 Å². The second kappa shape index (κ2) is 5.83. The maximum Gasteiger partial charge on any atom is 0.127 e. The minimum atomic E-state index is 0.881. The summed E-state index contributed by atoms with van der Waals surface area (Å²) >= 11 is 0. The molecule has 2 aromatic carbocycles. The lowest BCUT2D eigenvalue weighted by Crippen LogP contribution is -2.16. The number of fused-ring (bicyclic) bond motifs is 1. The van der Waals surface area contributed by atoms with Crippen molar-refractivity contribution in [3.05, 3.63) is 60.8 Å². The van der Waals surface area contributed by atoms with Gasteiger partial charge in [-0.3, -0.25) is 0 Å². The number of benzene rings is 2. The fourth-order valence-electron chi connectivity index (χ4n) is 2.66. The maximum absolute atomic E-state index is 4.29. The second-order valence-corrected chi connectivity index (χ2v) is 4.89. The third-order valence-electron chi connectivity index (χ3n) is 3.68. The van der Waals surface area contributed by atoms with Gasteiger partial charge in [0.2, 0.25) is 0 Å². The van der Waals surface area contributed by atoms with Crippen LogP contribution in [0, 0.1) is 0 Å². The summed E-state index contributed by atoms with van der Waals surface area (Å²) in [7, 11) is 1.89. The van der Waals surface area contributed by atoms with Crippen molar-refractivity contribution in [1.82, 2.24) is 4.98 Å². The largest absolute Gasteiger partial charge is 0.373 e. The highest BCUT2D eigenvalue weighted by Crippen LogP contribution is 2.32. The first-order valence-corrected chi connectivity index (χ1v) is 7.22. The topological polar surface area (TPSA) is 28.2 Å². The Hall–Kier alpha value is -2.55. The average molecular weight is 277 g/mol. The van der Waals surface area contributed by atoms with E-state index in [-0.39, 0.29) is 0 Å². The van der Waals surface area contributed by atoms with Crippen LogP contribution in [0.4, 0.5) is 17.2 Å². The second-order valence-electron chi connectivity index (χ2n) is 4.89. The molecule has 0 amide bonds. The molecule has 106 valence electrons. The molecule has 3 heteroatoms. The molecule has 0 radical (unpaired) electrons. The highest BCUT2D eigenvalue weighted by atomic mass is 15.1. The molecule has 3 rings (SSSR count). The Kier molecular flexibility index (Phi) is 3.73. The number of nitrogens with one attached hydrogen (secondary N) is 1. The number of hydrogen-bond acceptors (Lipinski definition) is 3. The maximum atomic E-state index is 4.29. The molecule has 0 aliphatic rings. The molecule has 0 fully saturated rings. The number of rotatable bonds is 4. The molecule has 1 heterocycles. The third kappa shape index (κ3) is 2.55. The van der Waals surface area contributed by atoms with E-state index in [1.165, 1.54) is 16.5 Å². The Morgan fingerprint density at radius 3 is 2.67 bits per heavy atom. The van der Waals surface area contributed by atoms with Gasteiger partial charge in [-0.2, -0.15) is 0 Å². The van der Waals surface area contributed by atoms with Gasteiger partial charge in [0.05, 0.1) is 0 Å². The first-order chi connectivity index (χ1) is 10.3. The Bertz CT molecular complexity index is 747. The van der Waals surface area contributed by atoms with E-state index in [0.29, 0.717) is 0 Å². The van der Waals surface area contributed by atoms with E-state index in [1.54, 1.807) is 0 Å². The van der Waals surface area contributed by atoms with E-state index in [9.17, 15) is 0 Å². The molecule has 0 aliphatic carbocycles. The molecule has 21 heavy (non-hydrogen) atoms. The van der Waals surface area contributed by atoms with Crippen LogP contribution in [0.2, 0.25) is 0 Å². The van der Waals surface area contributed by atoms with Crippen molar-refractivity contribution < 1.29 is 0 Å². The van der Waals surface area contributed by atoms with Crippen molar-refractivity contribution in [2.75, 3.05) is 23.8 Å². The van der Waals surface area contributed by atoms with Crippen LogP contribution in [0.5, 0.6) is 0 Å². The summed E-state index contributed by atoms with van der Waals surface area (Å²) in [6.07, 6.45) is 1.84. The number of pyridine rings is 1. The normalized spacial score (nSPS) is 10.6. The van der Waals surface area contributed by atoms with Crippen LogP contribution < -0.4 is 10.2 Å². The van der Waals surface area contributed by atoms with Gasteiger partial charge in [0.1, 0.15) is 5.82 Å². The summed E-state index contributed by atoms with van der Waals surface area (Å²) in [6.45, 7) is 3.07. The van der Waals surface area contributed by atoms with Gasteiger partial charge >= 0.3 is 0 Å². The molecule has 0 saturated heterocycles. The van der Waals surface area contributed by atoms with Crippen LogP contribution in [-0.2, 0) is 0 Å². The molecule has 0 aliphatic heterocycles. The van der Waals surface area contributed by atoms with Gasteiger partial charge in [-0.05, 0) is 24.4 Å². The Morgan fingerprint density at radius 1 is 1.05 bits per heavy atom. The van der Waals surface area contributed by atoms with Crippen LogP contribution in [0.1, 0.15) is 6.92 Å². The predicted molar refractivity (Wildman–Crippen MR) is 90.4 cm³/mol. The van der Waals surface area contributed by atoms with Gasteiger partial charge in [0.25, 0.3) is 0 Å². The summed E-state index contributed by atoms with van der Waals surface area (Å²) in [5.41, 5.74) is 2.37. The van der Waals surface area contributed by atoms with Gasteiger partial charge < -0.3 is 10.2 Å². The molecule has 0 unspecified atom stereocenters. The first-order valence-electron chi connectivity index (χ1n) is 7.22. The molecule has 3 nitrogen and oxygen atoms in total. The van der Waals surface area contributed by atoms with Crippen molar-refractivity contribution in [2.45, 2.75) is 6.92 Å². The number of anilines is 3. The van der Waals surface area contributed by atoms with Crippen molar-refractivity contribution in [1.29, 1.82) is 0 Å². The first kappa shape index (κ1) is 13.4. The summed E-state index contributed by atoms with van der Waals surface area (Å²) in [5, 5.41) is 5.63. The zero-order valence-corrected chi connectivity index (χ0v) is 12.4. The third-order valence-corrected chi connectivity index (χ3v) is 3.68. The van der Waals surface area contributed by atoms with Crippen LogP contribution in [-0.4, -0.2) is 18.6 Å². The highest BCUT2D eigenvalue weighted by Gasteiger charge is 2.11. The summed E-state index contributed by atoms with van der Waals surface area (Å²) < 4.78 is 0. The Morgan fingerprint density at radius 2 is 1.86 bits per heavy atom. The molecule has 0 saturated carbocycles. The SMILES string of the molecule is CCN(c1ccnc(NC)c1)c1cccc2ccccc12. The van der Waals surface area contributed by atoms with E-state index in [1.807, 2.05) is 19.3 Å². The fraction of sp³-hybridized carbons (Fsp3) is 0.167. The van der Waals surface area contributed by atoms with Gasteiger partial charge in [0.15, 0.2) is 0 Å². The molecule has 0 atom stereocenters. The van der Waals surface area contributed by atoms with Gasteiger partial charge in [0, 0.05) is 42.6 Å². The van der Waals surface area contributed by atoms with E-state index < -0.39 is 0 Å². The zero-order chi connectivity index (χ0) is 14.7. The molecular weight excluding hydrogens is 258 g/mol. The van der Waals surface area contributed by atoms with E-state index in [2.05, 4.69) is 70.7 Å². The monoisotopic (exact) mass is 277 g/mol. The van der Waals surface area contributed by atoms with Crippen molar-refractivity contribution in [3.63, 3.8) is 0 Å². The Labute approximate surface area is 125 Å². The van der Waals surface area contributed by atoms with E-state index in [4.69, 9.17) is 0 Å². The zero-order valence-electron chi connectivity index (χ0n) is 12.4. The molecule has 1 aromatic heterocycles. The van der Waals surface area contributed by atoms with Crippen LogP contribution in [0.3, 0.4) is 0 Å². The molecule has 1 N–H and O–H groups in total. The van der Waals surface area contributed by atoms with Crippen LogP contribution in [0.25, 0.3) is 10.8 Å². The molecule has 0 bridgehead atoms. The van der Waals surface area contributed by atoms with Gasteiger partial charge in [-0.15, -0.1) is 0 Å². The molecule has 0 spiro atoms. The van der Waals surface area contributed by atoms with Crippen LogP contribution in [0.15, 0.2) is 60.8 Å². The van der Waals surface area contributed by atoms with Crippen molar-refractivity contribution in [3.8, 4) is 0 Å². The van der Waals surface area contributed by atoms with Crippen molar-refractivity contribution >= 4 is 28.0 Å².